The van der Waals surface area contributed by atoms with Gasteiger partial charge in [0, 0.05) is 32.2 Å². The predicted octanol–water partition coefficient (Wildman–Crippen LogP) is 2.49. The number of alkyl halides is 3. The van der Waals surface area contributed by atoms with E-state index >= 15 is 0 Å². The van der Waals surface area contributed by atoms with Crippen molar-refractivity contribution in [3.05, 3.63) is 46.8 Å². The van der Waals surface area contributed by atoms with E-state index < -0.39 is 32.6 Å². The molecule has 27 heavy (non-hydrogen) atoms. The van der Waals surface area contributed by atoms with Crippen molar-refractivity contribution in [3.8, 4) is 0 Å². The molecule has 0 bridgehead atoms. The summed E-state index contributed by atoms with van der Waals surface area (Å²) in [5, 5.41) is 3.23. The molecule has 2 aromatic rings. The lowest BCUT2D eigenvalue weighted by Crippen LogP contribution is -2.50. The van der Waals surface area contributed by atoms with Gasteiger partial charge in [-0.3, -0.25) is 4.79 Å². The highest BCUT2D eigenvalue weighted by molar-refractivity contribution is 7.89. The third-order valence-corrected chi connectivity index (χ3v) is 6.44. The van der Waals surface area contributed by atoms with Gasteiger partial charge in [-0.05, 0) is 18.2 Å². The SMILES string of the molecule is O=C(c1ccon1)N1CCN(S(=O)(=O)c2cc(C(F)(F)F)ccc2Cl)CC1. The lowest BCUT2D eigenvalue weighted by atomic mass is 10.2. The number of nitrogens with zero attached hydrogens (tertiary/aromatic N) is 3. The Bertz CT molecular complexity index is 940. The van der Waals surface area contributed by atoms with Gasteiger partial charge in [0.1, 0.15) is 11.2 Å². The van der Waals surface area contributed by atoms with Crippen LogP contribution in [0.2, 0.25) is 5.02 Å². The van der Waals surface area contributed by atoms with Crippen molar-refractivity contribution in [1.82, 2.24) is 14.4 Å². The largest absolute Gasteiger partial charge is 0.416 e. The fourth-order valence-electron chi connectivity index (χ4n) is 2.63. The first-order valence-corrected chi connectivity index (χ1v) is 9.49. The highest BCUT2D eigenvalue weighted by Crippen LogP contribution is 2.34. The fourth-order valence-corrected chi connectivity index (χ4v) is 4.56. The monoisotopic (exact) mass is 423 g/mol. The van der Waals surface area contributed by atoms with Crippen LogP contribution in [0.15, 0.2) is 39.9 Å². The number of halogens is 4. The van der Waals surface area contributed by atoms with Crippen LogP contribution in [0, 0.1) is 0 Å². The second kappa shape index (κ2) is 7.13. The van der Waals surface area contributed by atoms with Crippen LogP contribution in [-0.4, -0.2) is 54.9 Å². The molecule has 1 saturated heterocycles. The van der Waals surface area contributed by atoms with Crippen LogP contribution in [-0.2, 0) is 16.2 Å². The zero-order valence-electron chi connectivity index (χ0n) is 13.6. The number of carbonyl (C=O) groups is 1. The molecule has 0 unspecified atom stereocenters. The van der Waals surface area contributed by atoms with E-state index in [4.69, 9.17) is 11.6 Å². The molecule has 0 atom stereocenters. The maximum absolute atomic E-state index is 12.9. The summed E-state index contributed by atoms with van der Waals surface area (Å²) in [5.74, 6) is -0.419. The van der Waals surface area contributed by atoms with Gasteiger partial charge in [-0.1, -0.05) is 16.8 Å². The van der Waals surface area contributed by atoms with Crippen molar-refractivity contribution >= 4 is 27.5 Å². The number of hydrogen-bond acceptors (Lipinski definition) is 5. The van der Waals surface area contributed by atoms with Gasteiger partial charge >= 0.3 is 6.18 Å². The Labute approximate surface area is 157 Å². The minimum atomic E-state index is -4.70. The molecule has 0 saturated carbocycles. The van der Waals surface area contributed by atoms with E-state index in [0.29, 0.717) is 6.07 Å². The molecule has 1 aromatic carbocycles. The Balaban J connectivity index is 1.79. The third-order valence-electron chi connectivity index (χ3n) is 4.06. The summed E-state index contributed by atoms with van der Waals surface area (Å²) in [6.07, 6.45) is -3.46. The fraction of sp³-hybridized carbons (Fsp3) is 0.333. The number of rotatable bonds is 3. The van der Waals surface area contributed by atoms with E-state index in [2.05, 4.69) is 9.68 Å². The van der Waals surface area contributed by atoms with Crippen LogP contribution in [0.3, 0.4) is 0 Å². The summed E-state index contributed by atoms with van der Waals surface area (Å²) in [5.41, 5.74) is -1.02. The third kappa shape index (κ3) is 3.94. The molecule has 1 amide bonds. The van der Waals surface area contributed by atoms with Crippen molar-refractivity contribution in [1.29, 1.82) is 0 Å². The van der Waals surface area contributed by atoms with Crippen LogP contribution in [0.1, 0.15) is 16.1 Å². The summed E-state index contributed by atoms with van der Waals surface area (Å²) < 4.78 is 69.8. The summed E-state index contributed by atoms with van der Waals surface area (Å²) in [4.78, 5) is 13.0. The van der Waals surface area contributed by atoms with E-state index in [1.807, 2.05) is 0 Å². The van der Waals surface area contributed by atoms with Gasteiger partial charge in [0.25, 0.3) is 5.91 Å². The first-order valence-electron chi connectivity index (χ1n) is 7.67. The molecule has 0 aliphatic carbocycles. The average Bonchev–Trinajstić information content (AvgIpc) is 3.15. The Kier molecular flexibility index (Phi) is 5.19. The second-order valence-corrected chi connectivity index (χ2v) is 8.04. The minimum absolute atomic E-state index is 0.0570. The van der Waals surface area contributed by atoms with E-state index in [0.717, 1.165) is 16.4 Å². The lowest BCUT2D eigenvalue weighted by molar-refractivity contribution is -0.137. The van der Waals surface area contributed by atoms with E-state index in [1.165, 1.54) is 17.2 Å². The van der Waals surface area contributed by atoms with Crippen LogP contribution in [0.4, 0.5) is 13.2 Å². The molecule has 12 heteroatoms. The topological polar surface area (TPSA) is 83.7 Å². The van der Waals surface area contributed by atoms with Crippen molar-refractivity contribution < 1.29 is 30.9 Å². The number of piperazine rings is 1. The molecular weight excluding hydrogens is 411 g/mol. The van der Waals surface area contributed by atoms with Crippen LogP contribution in [0.25, 0.3) is 0 Å². The maximum Gasteiger partial charge on any atom is 0.416 e. The molecule has 3 rings (SSSR count). The minimum Gasteiger partial charge on any atom is -0.364 e. The van der Waals surface area contributed by atoms with Crippen molar-refractivity contribution in [2.24, 2.45) is 0 Å². The van der Waals surface area contributed by atoms with E-state index in [-0.39, 0.29) is 36.9 Å². The summed E-state index contributed by atoms with van der Waals surface area (Å²) in [7, 11) is -4.25. The maximum atomic E-state index is 12.9. The van der Waals surface area contributed by atoms with Gasteiger partial charge in [0.15, 0.2) is 5.69 Å². The summed E-state index contributed by atoms with van der Waals surface area (Å²) >= 11 is 5.84. The molecular formula is C15H13ClF3N3O4S. The number of aromatic nitrogens is 1. The number of sulfonamides is 1. The van der Waals surface area contributed by atoms with Crippen LogP contribution < -0.4 is 0 Å². The molecule has 2 heterocycles. The highest BCUT2D eigenvalue weighted by Gasteiger charge is 2.36. The molecule has 0 N–H and O–H groups in total. The second-order valence-electron chi connectivity index (χ2n) is 5.72. The quantitative estimate of drug-likeness (QED) is 0.757. The first kappa shape index (κ1) is 19.6. The smallest absolute Gasteiger partial charge is 0.364 e. The first-order chi connectivity index (χ1) is 12.6. The number of benzene rings is 1. The number of carbonyl (C=O) groups excluding carboxylic acids is 1. The van der Waals surface area contributed by atoms with Gasteiger partial charge in [-0.25, -0.2) is 8.42 Å². The zero-order valence-corrected chi connectivity index (χ0v) is 15.2. The van der Waals surface area contributed by atoms with Gasteiger partial charge in [-0.2, -0.15) is 17.5 Å². The van der Waals surface area contributed by atoms with Crippen LogP contribution >= 0.6 is 11.6 Å². The van der Waals surface area contributed by atoms with Gasteiger partial charge in [-0.15, -0.1) is 0 Å². The molecule has 1 aromatic heterocycles. The molecule has 0 spiro atoms. The van der Waals surface area contributed by atoms with Crippen molar-refractivity contribution in [2.45, 2.75) is 11.1 Å². The van der Waals surface area contributed by atoms with Gasteiger partial charge in [0.05, 0.1) is 10.6 Å². The summed E-state index contributed by atoms with van der Waals surface area (Å²) in [6, 6.07) is 3.52. The highest BCUT2D eigenvalue weighted by atomic mass is 35.5. The summed E-state index contributed by atoms with van der Waals surface area (Å²) in [6.45, 7) is -0.0555. The van der Waals surface area contributed by atoms with Crippen molar-refractivity contribution in [3.63, 3.8) is 0 Å². The average molecular weight is 424 g/mol. The molecule has 1 fully saturated rings. The van der Waals surface area contributed by atoms with Gasteiger partial charge < -0.3 is 9.42 Å². The van der Waals surface area contributed by atoms with Gasteiger partial charge in [0.2, 0.25) is 10.0 Å². The number of amides is 1. The normalized spacial score (nSPS) is 16.5. The Morgan fingerprint density at radius 3 is 2.37 bits per heavy atom. The predicted molar refractivity (Wildman–Crippen MR) is 87.6 cm³/mol. The van der Waals surface area contributed by atoms with Crippen molar-refractivity contribution in [2.75, 3.05) is 26.2 Å². The molecule has 146 valence electrons. The standard InChI is InChI=1S/C15H13ClF3N3O4S/c16-11-2-1-10(15(17,18)19)9-13(11)27(24,25)22-6-4-21(5-7-22)14(23)12-3-8-26-20-12/h1-3,8-9H,4-7H2. The molecule has 0 radical (unpaired) electrons. The Hall–Kier alpha value is -2.11. The van der Waals surface area contributed by atoms with E-state index in [1.54, 1.807) is 0 Å². The van der Waals surface area contributed by atoms with E-state index in [9.17, 15) is 26.4 Å². The zero-order chi connectivity index (χ0) is 19.8. The Morgan fingerprint density at radius 1 is 1.15 bits per heavy atom. The Morgan fingerprint density at radius 2 is 1.81 bits per heavy atom. The molecule has 7 nitrogen and oxygen atoms in total. The van der Waals surface area contributed by atoms with Crippen LogP contribution in [0.5, 0.6) is 0 Å². The molecule has 1 aliphatic heterocycles. The number of hydrogen-bond donors (Lipinski definition) is 0. The molecule has 1 aliphatic rings. The lowest BCUT2D eigenvalue weighted by Gasteiger charge is -2.33.